The van der Waals surface area contributed by atoms with E-state index in [0.717, 1.165) is 18.1 Å². The Morgan fingerprint density at radius 3 is 1.78 bits per heavy atom. The van der Waals surface area contributed by atoms with E-state index in [0.29, 0.717) is 0 Å². The minimum atomic E-state index is -1.61. The molecule has 110 valence electrons. The van der Waals surface area contributed by atoms with E-state index in [1.807, 2.05) is 13.8 Å². The Morgan fingerprint density at radius 1 is 1.00 bits per heavy atom. The Balaban J connectivity index is 4.59. The first-order valence-corrected chi connectivity index (χ1v) is 9.87. The first kappa shape index (κ1) is 18.1. The quantitative estimate of drug-likeness (QED) is 0.636. The van der Waals surface area contributed by atoms with Crippen LogP contribution < -0.4 is 0 Å². The molecule has 0 amide bonds. The third-order valence-electron chi connectivity index (χ3n) is 4.52. The zero-order valence-electron chi connectivity index (χ0n) is 12.9. The van der Waals surface area contributed by atoms with Gasteiger partial charge in [-0.05, 0) is 25.1 Å². The van der Waals surface area contributed by atoms with Crippen molar-refractivity contribution in [3.63, 3.8) is 0 Å². The summed E-state index contributed by atoms with van der Waals surface area (Å²) in [5, 5.41) is 19.3. The fraction of sp³-hybridized carbons (Fsp3) is 1.00. The van der Waals surface area contributed by atoms with Crippen molar-refractivity contribution in [1.82, 2.24) is 0 Å². The summed E-state index contributed by atoms with van der Waals surface area (Å²) in [5.74, 6) is -0.0318. The monoisotopic (exact) mass is 276 g/mol. The van der Waals surface area contributed by atoms with Crippen molar-refractivity contribution in [3.05, 3.63) is 0 Å². The molecular weight excluding hydrogens is 244 g/mol. The summed E-state index contributed by atoms with van der Waals surface area (Å²) in [6.45, 7) is 12.6. The smallest absolute Gasteiger partial charge is 0.192 e. The predicted molar refractivity (Wildman–Crippen MR) is 79.2 cm³/mol. The van der Waals surface area contributed by atoms with Gasteiger partial charge in [0.25, 0.3) is 0 Å². The first-order chi connectivity index (χ1) is 8.37. The zero-order valence-corrected chi connectivity index (χ0v) is 13.9. The molecule has 0 bridgehead atoms. The molecule has 0 unspecified atom stereocenters. The van der Waals surface area contributed by atoms with Gasteiger partial charge >= 0.3 is 0 Å². The van der Waals surface area contributed by atoms with Gasteiger partial charge in [0, 0.05) is 24.5 Å². The molecule has 0 aliphatic heterocycles. The standard InChI is InChI=1S/C14H32O3Si/c1-7-18(8-2,9-3)17-13(6)12(5)14(16)11(4)10-15/h11-16H,7-10H2,1-6H3/t11-,12-,13-,14+/m0/s1. The maximum absolute atomic E-state index is 10.1. The van der Waals surface area contributed by atoms with Crippen LogP contribution in [0, 0.1) is 11.8 Å². The average molecular weight is 276 g/mol. The Hall–Kier alpha value is 0.0969. The van der Waals surface area contributed by atoms with E-state index in [4.69, 9.17) is 9.53 Å². The lowest BCUT2D eigenvalue weighted by Crippen LogP contribution is -2.44. The SMILES string of the molecule is CC[Si](CC)(CC)O[C@@H](C)[C@H](C)[C@H](O)[C@@H](C)CO. The Morgan fingerprint density at radius 2 is 1.44 bits per heavy atom. The van der Waals surface area contributed by atoms with E-state index in [-0.39, 0.29) is 24.5 Å². The molecule has 0 spiro atoms. The number of aliphatic hydroxyl groups is 2. The van der Waals surface area contributed by atoms with Crippen LogP contribution in [-0.2, 0) is 4.43 Å². The number of aliphatic hydroxyl groups excluding tert-OH is 2. The molecule has 0 saturated carbocycles. The van der Waals surface area contributed by atoms with Gasteiger partial charge < -0.3 is 14.6 Å². The van der Waals surface area contributed by atoms with Crippen molar-refractivity contribution in [2.24, 2.45) is 11.8 Å². The van der Waals surface area contributed by atoms with E-state index in [1.165, 1.54) is 0 Å². The maximum atomic E-state index is 10.1. The first-order valence-electron chi connectivity index (χ1n) is 7.34. The summed E-state index contributed by atoms with van der Waals surface area (Å²) in [4.78, 5) is 0. The largest absolute Gasteiger partial charge is 0.414 e. The van der Waals surface area contributed by atoms with Gasteiger partial charge in [0.05, 0.1) is 6.10 Å². The highest BCUT2D eigenvalue weighted by molar-refractivity contribution is 6.73. The summed E-state index contributed by atoms with van der Waals surface area (Å²) >= 11 is 0. The topological polar surface area (TPSA) is 49.7 Å². The highest BCUT2D eigenvalue weighted by Gasteiger charge is 2.34. The predicted octanol–water partition coefficient (Wildman–Crippen LogP) is 3.02. The molecular formula is C14H32O3Si. The van der Waals surface area contributed by atoms with Crippen molar-refractivity contribution in [1.29, 1.82) is 0 Å². The van der Waals surface area contributed by atoms with Gasteiger partial charge in [-0.2, -0.15) is 0 Å². The van der Waals surface area contributed by atoms with Crippen LogP contribution in [0.25, 0.3) is 0 Å². The van der Waals surface area contributed by atoms with Crippen LogP contribution in [0.3, 0.4) is 0 Å². The summed E-state index contributed by atoms with van der Waals surface area (Å²) in [6.07, 6.45) is -0.442. The minimum Gasteiger partial charge on any atom is -0.414 e. The van der Waals surface area contributed by atoms with Crippen molar-refractivity contribution < 1.29 is 14.6 Å². The summed E-state index contributed by atoms with van der Waals surface area (Å²) < 4.78 is 6.36. The van der Waals surface area contributed by atoms with Crippen LogP contribution in [0.15, 0.2) is 0 Å². The molecule has 0 fully saturated rings. The van der Waals surface area contributed by atoms with Crippen molar-refractivity contribution in [3.8, 4) is 0 Å². The van der Waals surface area contributed by atoms with Crippen LogP contribution in [0.2, 0.25) is 18.1 Å². The molecule has 0 aromatic rings. The molecule has 0 aromatic carbocycles. The molecule has 0 saturated heterocycles. The number of hydrogen-bond acceptors (Lipinski definition) is 3. The van der Waals surface area contributed by atoms with Gasteiger partial charge in [-0.3, -0.25) is 0 Å². The molecule has 0 rings (SSSR count). The molecule has 18 heavy (non-hydrogen) atoms. The summed E-state index contributed by atoms with van der Waals surface area (Å²) in [6, 6.07) is 3.38. The second-order valence-corrected chi connectivity index (χ2v) is 10.3. The Labute approximate surface area is 114 Å². The second kappa shape index (κ2) is 8.30. The molecule has 4 heteroatoms. The fourth-order valence-corrected chi connectivity index (χ4v) is 5.41. The van der Waals surface area contributed by atoms with Crippen LogP contribution >= 0.6 is 0 Å². The van der Waals surface area contributed by atoms with Crippen molar-refractivity contribution in [2.75, 3.05) is 6.61 Å². The van der Waals surface area contributed by atoms with E-state index >= 15 is 0 Å². The van der Waals surface area contributed by atoms with Crippen LogP contribution in [0.5, 0.6) is 0 Å². The van der Waals surface area contributed by atoms with Gasteiger partial charge in [-0.1, -0.05) is 34.6 Å². The summed E-state index contributed by atoms with van der Waals surface area (Å²) in [7, 11) is -1.61. The van der Waals surface area contributed by atoms with Gasteiger partial charge in [0.1, 0.15) is 0 Å². The highest BCUT2D eigenvalue weighted by atomic mass is 28.4. The van der Waals surface area contributed by atoms with Crippen molar-refractivity contribution in [2.45, 2.75) is 71.9 Å². The molecule has 0 aromatic heterocycles. The average Bonchev–Trinajstić information content (AvgIpc) is 2.42. The van der Waals surface area contributed by atoms with Gasteiger partial charge in [-0.15, -0.1) is 0 Å². The van der Waals surface area contributed by atoms with Crippen molar-refractivity contribution >= 4 is 8.32 Å². The van der Waals surface area contributed by atoms with E-state index in [9.17, 15) is 5.11 Å². The lowest BCUT2D eigenvalue weighted by atomic mass is 9.90. The third-order valence-corrected chi connectivity index (χ3v) is 9.26. The zero-order chi connectivity index (χ0) is 14.3. The fourth-order valence-electron chi connectivity index (χ4n) is 2.41. The normalized spacial score (nSPS) is 19.3. The van der Waals surface area contributed by atoms with E-state index < -0.39 is 14.4 Å². The van der Waals surface area contributed by atoms with E-state index in [2.05, 4.69) is 27.7 Å². The van der Waals surface area contributed by atoms with Crippen LogP contribution in [0.1, 0.15) is 41.5 Å². The van der Waals surface area contributed by atoms with Gasteiger partial charge in [0.2, 0.25) is 0 Å². The molecule has 0 aliphatic carbocycles. The minimum absolute atomic E-state index is 0.0239. The molecule has 0 heterocycles. The second-order valence-electron chi connectivity index (χ2n) is 5.58. The van der Waals surface area contributed by atoms with Gasteiger partial charge in [-0.25, -0.2) is 0 Å². The lowest BCUT2D eigenvalue weighted by Gasteiger charge is -2.36. The lowest BCUT2D eigenvalue weighted by molar-refractivity contribution is -0.00822. The highest BCUT2D eigenvalue weighted by Crippen LogP contribution is 2.27. The summed E-state index contributed by atoms with van der Waals surface area (Å²) in [5.41, 5.74) is 0. The van der Waals surface area contributed by atoms with Crippen LogP contribution in [-0.4, -0.2) is 37.3 Å². The van der Waals surface area contributed by atoms with Crippen LogP contribution in [0.4, 0.5) is 0 Å². The number of rotatable bonds is 9. The molecule has 2 N–H and O–H groups in total. The Kier molecular flexibility index (Phi) is 8.35. The Bertz CT molecular complexity index is 211. The molecule has 4 atom stereocenters. The molecule has 3 nitrogen and oxygen atoms in total. The molecule has 0 radical (unpaired) electrons. The third kappa shape index (κ3) is 4.65. The molecule has 0 aliphatic rings. The number of hydrogen-bond donors (Lipinski definition) is 2. The van der Waals surface area contributed by atoms with E-state index in [1.54, 1.807) is 0 Å². The maximum Gasteiger partial charge on any atom is 0.192 e. The van der Waals surface area contributed by atoms with Gasteiger partial charge in [0.15, 0.2) is 8.32 Å².